The molecule has 0 radical (unpaired) electrons. The molecule has 3 N–H and O–H groups in total. The molecule has 11 nitrogen and oxygen atoms in total. The average molecular weight is 398 g/mol. The average Bonchev–Trinajstić information content (AvgIpc) is 3.33. The molecule has 0 aliphatic carbocycles. The number of sulfonamides is 1. The predicted molar refractivity (Wildman–Crippen MR) is 91.8 cm³/mol. The number of carbonyl (C=O) groups excluding carboxylic acids is 2. The molecule has 2 unspecified atom stereocenters. The number of hydrogen-bond acceptors (Lipinski definition) is 7. The van der Waals surface area contributed by atoms with Gasteiger partial charge in [0, 0.05) is 19.6 Å². The quantitative estimate of drug-likeness (QED) is 0.511. The predicted octanol–water partition coefficient (Wildman–Crippen LogP) is -2.46. The highest BCUT2D eigenvalue weighted by Crippen LogP contribution is 2.25. The van der Waals surface area contributed by atoms with E-state index < -0.39 is 34.1 Å². The van der Waals surface area contributed by atoms with Crippen LogP contribution in [0.25, 0.3) is 0 Å². The first kappa shape index (κ1) is 18.3. The summed E-state index contributed by atoms with van der Waals surface area (Å²) >= 11 is 0. The lowest BCUT2D eigenvalue weighted by Crippen LogP contribution is -2.47. The van der Waals surface area contributed by atoms with E-state index in [1.54, 1.807) is 4.68 Å². The molecule has 0 saturated carbocycles. The van der Waals surface area contributed by atoms with Gasteiger partial charge in [-0.1, -0.05) is 0 Å². The van der Waals surface area contributed by atoms with Crippen LogP contribution in [0.1, 0.15) is 31.0 Å². The largest absolute Gasteiger partial charge is 0.389 e. The second kappa shape index (κ2) is 6.84. The van der Waals surface area contributed by atoms with Gasteiger partial charge >= 0.3 is 0 Å². The number of hydrogen-bond donors (Lipinski definition) is 3. The molecular formula is C15H22N6O5S. The topological polar surface area (TPSA) is 147 Å². The Morgan fingerprint density at radius 3 is 2.85 bits per heavy atom. The van der Waals surface area contributed by atoms with Crippen LogP contribution in [0.5, 0.6) is 0 Å². The third-order valence-electron chi connectivity index (χ3n) is 5.36. The van der Waals surface area contributed by atoms with Crippen LogP contribution in [0.15, 0.2) is 6.33 Å². The summed E-state index contributed by atoms with van der Waals surface area (Å²) in [4.78, 5) is 30.7. The normalized spacial score (nSPS) is 32.3. The van der Waals surface area contributed by atoms with Crippen LogP contribution < -0.4 is 10.0 Å². The van der Waals surface area contributed by atoms with Crippen molar-refractivity contribution in [3.63, 3.8) is 0 Å². The number of rotatable bonds is 3. The van der Waals surface area contributed by atoms with Gasteiger partial charge in [-0.05, 0) is 19.3 Å². The number of β-amino-alcohol motifs (C(OH)–C–C–N with tert-alkyl or cyclic N) is 1. The van der Waals surface area contributed by atoms with Crippen LogP contribution in [0.2, 0.25) is 0 Å². The molecule has 1 aromatic rings. The fourth-order valence-electron chi connectivity index (χ4n) is 3.93. The fourth-order valence-corrected chi connectivity index (χ4v) is 5.25. The maximum atomic E-state index is 12.7. The minimum Gasteiger partial charge on any atom is -0.389 e. The van der Waals surface area contributed by atoms with Gasteiger partial charge in [-0.2, -0.15) is 5.10 Å². The van der Waals surface area contributed by atoms with Crippen LogP contribution in [0.4, 0.5) is 0 Å². The van der Waals surface area contributed by atoms with Crippen molar-refractivity contribution in [2.75, 3.05) is 18.8 Å². The second-order valence-corrected chi connectivity index (χ2v) is 9.11. The summed E-state index contributed by atoms with van der Waals surface area (Å²) in [5.41, 5.74) is 0. The van der Waals surface area contributed by atoms with Crippen molar-refractivity contribution in [2.45, 2.75) is 49.9 Å². The van der Waals surface area contributed by atoms with Crippen LogP contribution >= 0.6 is 0 Å². The molecule has 148 valence electrons. The van der Waals surface area contributed by atoms with Crippen LogP contribution in [0.3, 0.4) is 0 Å². The Morgan fingerprint density at radius 2 is 2.11 bits per heavy atom. The van der Waals surface area contributed by atoms with Gasteiger partial charge in [-0.15, -0.1) is 0 Å². The Labute approximate surface area is 156 Å². The third kappa shape index (κ3) is 3.56. The summed E-state index contributed by atoms with van der Waals surface area (Å²) < 4.78 is 27.0. The van der Waals surface area contributed by atoms with Gasteiger partial charge in [0.25, 0.3) is 0 Å². The zero-order valence-electron chi connectivity index (χ0n) is 14.6. The van der Waals surface area contributed by atoms with Crippen LogP contribution in [0, 0.1) is 0 Å². The van der Waals surface area contributed by atoms with Gasteiger partial charge in [0.15, 0.2) is 0 Å². The van der Waals surface area contributed by atoms with E-state index in [0.717, 1.165) is 13.0 Å². The molecule has 4 atom stereocenters. The van der Waals surface area contributed by atoms with E-state index in [-0.39, 0.29) is 37.1 Å². The minimum absolute atomic E-state index is 0.0584. The second-order valence-electron chi connectivity index (χ2n) is 7.24. The fraction of sp³-hybridized carbons (Fsp3) is 0.733. The van der Waals surface area contributed by atoms with E-state index in [1.807, 2.05) is 0 Å². The van der Waals surface area contributed by atoms with E-state index in [1.165, 1.54) is 11.2 Å². The van der Waals surface area contributed by atoms with Crippen molar-refractivity contribution in [1.29, 1.82) is 0 Å². The maximum Gasteiger partial charge on any atom is 0.240 e. The van der Waals surface area contributed by atoms with Gasteiger partial charge in [0.1, 0.15) is 18.2 Å². The number of nitrogens with zero attached hydrogens (tertiary/aromatic N) is 4. The maximum absolute atomic E-state index is 12.7. The first-order valence-corrected chi connectivity index (χ1v) is 10.6. The summed E-state index contributed by atoms with van der Waals surface area (Å²) in [6, 6.07) is -1.40. The zero-order valence-corrected chi connectivity index (χ0v) is 15.4. The van der Waals surface area contributed by atoms with Gasteiger partial charge < -0.3 is 15.3 Å². The van der Waals surface area contributed by atoms with Crippen LogP contribution in [-0.2, 0) is 26.2 Å². The summed E-state index contributed by atoms with van der Waals surface area (Å²) in [7, 11) is -3.40. The third-order valence-corrected chi connectivity index (χ3v) is 6.78. The number of likely N-dealkylation sites (tertiary alicyclic amines) is 1. The minimum atomic E-state index is -3.40. The SMILES string of the molecule is O=C(N[C@H]1CN(C(=O)C2CCS(=O)(=O)N2)C[C@H]1O)C1CCCn2ncnc21. The van der Waals surface area contributed by atoms with Crippen LogP contribution in [-0.4, -0.2) is 82.0 Å². The Kier molecular flexibility index (Phi) is 4.64. The number of nitrogens with one attached hydrogen (secondary N) is 2. The number of amides is 2. The Morgan fingerprint density at radius 1 is 1.30 bits per heavy atom. The Bertz CT molecular complexity index is 855. The summed E-state index contributed by atoms with van der Waals surface area (Å²) in [6.45, 7) is 0.928. The number of aliphatic hydroxyl groups excluding tert-OH is 1. The van der Waals surface area contributed by atoms with Gasteiger partial charge in [0.2, 0.25) is 21.8 Å². The van der Waals surface area contributed by atoms with Gasteiger partial charge in [0.05, 0.1) is 23.8 Å². The Hall–Kier alpha value is -2.05. The molecular weight excluding hydrogens is 376 g/mol. The molecule has 3 aliphatic rings. The summed E-state index contributed by atoms with van der Waals surface area (Å²) in [5, 5.41) is 17.2. The van der Waals surface area contributed by atoms with Gasteiger partial charge in [-0.3, -0.25) is 9.59 Å². The van der Waals surface area contributed by atoms with Crippen molar-refractivity contribution < 1.29 is 23.1 Å². The summed E-state index contributed by atoms with van der Waals surface area (Å²) in [6.07, 6.45) is 2.20. The highest BCUT2D eigenvalue weighted by atomic mass is 32.2. The summed E-state index contributed by atoms with van der Waals surface area (Å²) in [5.74, 6) is -0.519. The number of aryl methyl sites for hydroxylation is 1. The molecule has 4 heterocycles. The smallest absolute Gasteiger partial charge is 0.240 e. The molecule has 0 aromatic carbocycles. The number of carbonyl (C=O) groups is 2. The highest BCUT2D eigenvalue weighted by Gasteiger charge is 2.41. The first-order valence-electron chi connectivity index (χ1n) is 8.99. The molecule has 0 bridgehead atoms. The molecule has 2 saturated heterocycles. The lowest BCUT2D eigenvalue weighted by molar-refractivity contribution is -0.132. The van der Waals surface area contributed by atoms with Gasteiger partial charge in [-0.25, -0.2) is 22.8 Å². The molecule has 27 heavy (non-hydrogen) atoms. The van der Waals surface area contributed by atoms with Crippen molar-refractivity contribution >= 4 is 21.8 Å². The highest BCUT2D eigenvalue weighted by molar-refractivity contribution is 7.89. The Balaban J connectivity index is 1.38. The van der Waals surface area contributed by atoms with Crippen molar-refractivity contribution in [2.24, 2.45) is 0 Å². The molecule has 2 amide bonds. The molecule has 0 spiro atoms. The monoisotopic (exact) mass is 398 g/mol. The van der Waals surface area contributed by atoms with E-state index in [9.17, 15) is 23.1 Å². The molecule has 12 heteroatoms. The van der Waals surface area contributed by atoms with Crippen molar-refractivity contribution in [3.05, 3.63) is 12.2 Å². The molecule has 3 aliphatic heterocycles. The van der Waals surface area contributed by atoms with E-state index in [0.29, 0.717) is 12.2 Å². The molecule has 4 rings (SSSR count). The van der Waals surface area contributed by atoms with E-state index in [2.05, 4.69) is 20.1 Å². The first-order chi connectivity index (χ1) is 12.8. The number of fused-ring (bicyclic) bond motifs is 1. The van der Waals surface area contributed by atoms with E-state index >= 15 is 0 Å². The zero-order chi connectivity index (χ0) is 19.2. The molecule has 2 fully saturated rings. The van der Waals surface area contributed by atoms with Crippen molar-refractivity contribution in [3.8, 4) is 0 Å². The van der Waals surface area contributed by atoms with Crippen molar-refractivity contribution in [1.82, 2.24) is 29.7 Å². The molecule has 1 aromatic heterocycles. The standard InChI is InChI=1S/C15H22N6O5S/c22-12-7-20(15(24)10-3-5-27(25,26)19-10)6-11(12)18-14(23)9-2-1-4-21-13(9)16-8-17-21/h8-12,19,22H,1-7H2,(H,18,23)/t9?,10?,11-,12+/m0/s1. The van der Waals surface area contributed by atoms with E-state index in [4.69, 9.17) is 0 Å². The number of aromatic nitrogens is 3. The lowest BCUT2D eigenvalue weighted by atomic mass is 9.97. The number of aliphatic hydroxyl groups is 1. The lowest BCUT2D eigenvalue weighted by Gasteiger charge is -2.24.